The van der Waals surface area contributed by atoms with Gasteiger partial charge in [0.25, 0.3) is 0 Å². The molecular weight excluding hydrogens is 438 g/mol. The van der Waals surface area contributed by atoms with Crippen LogP contribution in [0.2, 0.25) is 5.02 Å². The van der Waals surface area contributed by atoms with Gasteiger partial charge in [-0.1, -0.05) is 18.0 Å². The van der Waals surface area contributed by atoms with Gasteiger partial charge in [-0.3, -0.25) is 4.90 Å². The summed E-state index contributed by atoms with van der Waals surface area (Å²) in [7, 11) is -3.70. The van der Waals surface area contributed by atoms with Crippen molar-refractivity contribution in [3.8, 4) is 0 Å². The van der Waals surface area contributed by atoms with Crippen LogP contribution >= 0.6 is 11.6 Å². The number of rotatable bonds is 5. The third-order valence-electron chi connectivity index (χ3n) is 6.82. The Hall–Kier alpha value is -1.35. The molecule has 0 bridgehead atoms. The van der Waals surface area contributed by atoms with Gasteiger partial charge in [-0.2, -0.15) is 4.31 Å². The first-order chi connectivity index (χ1) is 14.9. The van der Waals surface area contributed by atoms with Gasteiger partial charge in [0.1, 0.15) is 6.61 Å². The van der Waals surface area contributed by atoms with Gasteiger partial charge in [0.05, 0.1) is 10.9 Å². The summed E-state index contributed by atoms with van der Waals surface area (Å²) >= 11 is 5.93. The number of benzene rings is 1. The molecule has 1 amide bonds. The van der Waals surface area contributed by atoms with Gasteiger partial charge in [-0.25, -0.2) is 13.2 Å². The first kappa shape index (κ1) is 22.8. The van der Waals surface area contributed by atoms with Gasteiger partial charge in [0, 0.05) is 30.2 Å². The molecular formula is C22H32ClN3O4S. The standard InChI is InChI=1S/C22H32ClN3O4S/c1-17-5-4-6-20(26(17)31(28,29)21-9-7-18(23)8-10-21)16-30-22(27)25-14-11-19(15-25)24-12-2-3-13-24/h7-10,17,19-20H,2-6,11-16H2,1H3/t17-,19?,20-/m1/s1. The Bertz CT molecular complexity index is 873. The Morgan fingerprint density at radius 3 is 2.48 bits per heavy atom. The number of ether oxygens (including phenoxy) is 1. The smallest absolute Gasteiger partial charge is 0.409 e. The van der Waals surface area contributed by atoms with Crippen LogP contribution in [0.15, 0.2) is 29.2 Å². The maximum atomic E-state index is 13.3. The minimum Gasteiger partial charge on any atom is -0.448 e. The van der Waals surface area contributed by atoms with E-state index in [4.69, 9.17) is 16.3 Å². The lowest BCUT2D eigenvalue weighted by atomic mass is 10.0. The molecule has 0 spiro atoms. The number of amides is 1. The van der Waals surface area contributed by atoms with Crippen molar-refractivity contribution in [2.24, 2.45) is 0 Å². The molecule has 0 aliphatic carbocycles. The van der Waals surface area contributed by atoms with E-state index in [1.165, 1.54) is 29.3 Å². The van der Waals surface area contributed by atoms with Crippen LogP contribution in [-0.4, -0.2) is 79.5 Å². The van der Waals surface area contributed by atoms with Gasteiger partial charge in [0.15, 0.2) is 0 Å². The molecule has 0 aromatic heterocycles. The molecule has 3 saturated heterocycles. The minimum absolute atomic E-state index is 0.0842. The van der Waals surface area contributed by atoms with Gasteiger partial charge >= 0.3 is 6.09 Å². The van der Waals surface area contributed by atoms with E-state index in [0.717, 1.165) is 32.4 Å². The van der Waals surface area contributed by atoms with Crippen LogP contribution < -0.4 is 0 Å². The van der Waals surface area contributed by atoms with Crippen LogP contribution in [0.1, 0.15) is 45.4 Å². The van der Waals surface area contributed by atoms with Crippen molar-refractivity contribution < 1.29 is 17.9 Å². The summed E-state index contributed by atoms with van der Waals surface area (Å²) in [6.45, 7) is 5.64. The molecule has 4 rings (SSSR count). The van der Waals surface area contributed by atoms with Crippen molar-refractivity contribution in [3.63, 3.8) is 0 Å². The highest BCUT2D eigenvalue weighted by atomic mass is 35.5. The maximum Gasteiger partial charge on any atom is 0.409 e. The lowest BCUT2D eigenvalue weighted by Crippen LogP contribution is -2.51. The first-order valence-electron chi connectivity index (χ1n) is 11.3. The number of carbonyl (C=O) groups is 1. The highest BCUT2D eigenvalue weighted by Gasteiger charge is 2.39. The topological polar surface area (TPSA) is 70.2 Å². The van der Waals surface area contributed by atoms with E-state index < -0.39 is 10.0 Å². The van der Waals surface area contributed by atoms with Crippen molar-refractivity contribution in [2.45, 2.75) is 68.5 Å². The predicted molar refractivity (Wildman–Crippen MR) is 120 cm³/mol. The Kier molecular flexibility index (Phi) is 7.10. The monoisotopic (exact) mass is 469 g/mol. The molecule has 0 N–H and O–H groups in total. The number of nitrogens with zero attached hydrogens (tertiary/aromatic N) is 3. The number of hydrogen-bond acceptors (Lipinski definition) is 5. The lowest BCUT2D eigenvalue weighted by molar-refractivity contribution is 0.0677. The zero-order valence-corrected chi connectivity index (χ0v) is 19.7. The van der Waals surface area contributed by atoms with E-state index in [9.17, 15) is 13.2 Å². The predicted octanol–water partition coefficient (Wildman–Crippen LogP) is 3.58. The Balaban J connectivity index is 1.39. The first-order valence-corrected chi connectivity index (χ1v) is 13.1. The zero-order valence-electron chi connectivity index (χ0n) is 18.1. The van der Waals surface area contributed by atoms with Crippen LogP contribution in [0.25, 0.3) is 0 Å². The average molecular weight is 470 g/mol. The van der Waals surface area contributed by atoms with Crippen molar-refractivity contribution in [2.75, 3.05) is 32.8 Å². The molecule has 1 aromatic carbocycles. The summed E-state index contributed by atoms with van der Waals surface area (Å²) in [5, 5.41) is 0.494. The Labute approximate surface area is 190 Å². The molecule has 3 fully saturated rings. The number of sulfonamides is 1. The van der Waals surface area contributed by atoms with Crippen LogP contribution in [0.4, 0.5) is 4.79 Å². The fourth-order valence-electron chi connectivity index (χ4n) is 5.15. The molecule has 3 atom stereocenters. The van der Waals surface area contributed by atoms with Gasteiger partial charge in [0.2, 0.25) is 10.0 Å². The highest BCUT2D eigenvalue weighted by Crippen LogP contribution is 2.31. The van der Waals surface area contributed by atoms with Gasteiger partial charge < -0.3 is 9.64 Å². The summed E-state index contributed by atoms with van der Waals surface area (Å²) in [6, 6.07) is 6.15. The molecule has 1 aromatic rings. The Morgan fingerprint density at radius 2 is 1.77 bits per heavy atom. The van der Waals surface area contributed by atoms with Gasteiger partial charge in [-0.05, 0) is 76.4 Å². The van der Waals surface area contributed by atoms with E-state index in [1.807, 2.05) is 6.92 Å². The van der Waals surface area contributed by atoms with Crippen LogP contribution in [0.3, 0.4) is 0 Å². The number of carbonyl (C=O) groups excluding carboxylic acids is 1. The SMILES string of the molecule is C[C@@H]1CCC[C@H](COC(=O)N2CCC(N3CCCC3)C2)N1S(=O)(=O)c1ccc(Cl)cc1. The second-order valence-electron chi connectivity index (χ2n) is 8.93. The van der Waals surface area contributed by atoms with Crippen LogP contribution in [0.5, 0.6) is 0 Å². The zero-order chi connectivity index (χ0) is 22.0. The van der Waals surface area contributed by atoms with Crippen molar-refractivity contribution >= 4 is 27.7 Å². The molecule has 0 radical (unpaired) electrons. The highest BCUT2D eigenvalue weighted by molar-refractivity contribution is 7.89. The van der Waals surface area contributed by atoms with Crippen molar-refractivity contribution in [1.82, 2.24) is 14.1 Å². The number of piperidine rings is 1. The molecule has 3 aliphatic heterocycles. The average Bonchev–Trinajstić information content (AvgIpc) is 3.44. The number of hydrogen-bond donors (Lipinski definition) is 0. The summed E-state index contributed by atoms with van der Waals surface area (Å²) in [5.41, 5.74) is 0. The third kappa shape index (κ3) is 5.02. The van der Waals surface area contributed by atoms with Gasteiger partial charge in [-0.15, -0.1) is 0 Å². The normalized spacial score (nSPS) is 28.2. The van der Waals surface area contributed by atoms with E-state index in [2.05, 4.69) is 4.90 Å². The molecule has 9 heteroatoms. The molecule has 3 aliphatic rings. The minimum atomic E-state index is -3.70. The number of halogens is 1. The van der Waals surface area contributed by atoms with Crippen molar-refractivity contribution in [1.29, 1.82) is 0 Å². The van der Waals surface area contributed by atoms with Crippen molar-refractivity contribution in [3.05, 3.63) is 29.3 Å². The van der Waals surface area contributed by atoms with E-state index in [1.54, 1.807) is 17.0 Å². The molecule has 172 valence electrons. The second kappa shape index (κ2) is 9.65. The van der Waals surface area contributed by atoms with E-state index in [-0.39, 0.29) is 29.7 Å². The molecule has 31 heavy (non-hydrogen) atoms. The molecule has 7 nitrogen and oxygen atoms in total. The van der Waals surface area contributed by atoms with E-state index in [0.29, 0.717) is 30.6 Å². The number of likely N-dealkylation sites (tertiary alicyclic amines) is 2. The Morgan fingerprint density at radius 1 is 1.06 bits per heavy atom. The lowest BCUT2D eigenvalue weighted by Gasteiger charge is -2.39. The summed E-state index contributed by atoms with van der Waals surface area (Å²) in [4.78, 5) is 17.2. The quantitative estimate of drug-likeness (QED) is 0.659. The fraction of sp³-hybridized carbons (Fsp3) is 0.682. The third-order valence-corrected chi connectivity index (χ3v) is 9.15. The summed E-state index contributed by atoms with van der Waals surface area (Å²) in [6.07, 6.45) is 5.51. The molecule has 1 unspecified atom stereocenters. The fourth-order valence-corrected chi connectivity index (χ4v) is 7.14. The molecule has 3 heterocycles. The largest absolute Gasteiger partial charge is 0.448 e. The second-order valence-corrected chi connectivity index (χ2v) is 11.2. The molecule has 0 saturated carbocycles. The van der Waals surface area contributed by atoms with Crippen LogP contribution in [0, 0.1) is 0 Å². The maximum absolute atomic E-state index is 13.3. The summed E-state index contributed by atoms with van der Waals surface area (Å²) < 4.78 is 33.9. The van der Waals surface area contributed by atoms with E-state index >= 15 is 0 Å². The summed E-state index contributed by atoms with van der Waals surface area (Å²) in [5.74, 6) is 0. The van der Waals surface area contributed by atoms with Crippen LogP contribution in [-0.2, 0) is 14.8 Å².